The fourth-order valence-corrected chi connectivity index (χ4v) is 2.34. The van der Waals surface area contributed by atoms with Crippen LogP contribution >= 0.6 is 0 Å². The lowest BCUT2D eigenvalue weighted by Crippen LogP contribution is -2.23. The number of ketones is 1. The molecule has 0 aliphatic rings. The largest absolute Gasteiger partial charge is 0.493 e. The summed E-state index contributed by atoms with van der Waals surface area (Å²) in [5.74, 6) is -0.347. The summed E-state index contributed by atoms with van der Waals surface area (Å²) in [6.07, 6.45) is 1.79. The van der Waals surface area contributed by atoms with Crippen LogP contribution in [0.3, 0.4) is 0 Å². The Morgan fingerprint density at radius 1 is 1.11 bits per heavy atom. The lowest BCUT2D eigenvalue weighted by Gasteiger charge is -2.11. The Morgan fingerprint density at radius 2 is 1.81 bits per heavy atom. The van der Waals surface area contributed by atoms with Crippen molar-refractivity contribution in [3.8, 4) is 11.5 Å². The molecule has 0 spiro atoms. The maximum absolute atomic E-state index is 12.9. The number of Topliss-reactive ketones (excluding diaryl/α,β-unsaturated/α-hetero) is 1. The summed E-state index contributed by atoms with van der Waals surface area (Å²) < 4.78 is 28.7. The van der Waals surface area contributed by atoms with Crippen molar-refractivity contribution in [2.75, 3.05) is 13.7 Å². The minimum atomic E-state index is -0.984. The second kappa shape index (κ2) is 9.52. The Morgan fingerprint density at radius 3 is 2.44 bits per heavy atom. The number of carbonyl (C=O) groups is 2. The fraction of sp³-hybridized carbons (Fsp3) is 0.238. The van der Waals surface area contributed by atoms with Crippen molar-refractivity contribution in [3.05, 3.63) is 65.5 Å². The molecule has 27 heavy (non-hydrogen) atoms. The molecule has 0 unspecified atom stereocenters. The predicted molar refractivity (Wildman–Crippen MR) is 99.5 cm³/mol. The highest BCUT2D eigenvalue weighted by molar-refractivity contribution is 6.01. The standard InChI is InChI=1S/C21H21FO5/c1-4-26-18-11-5-15(13-19(18)25-3)6-12-20(23)27-14(2)21(24)16-7-9-17(22)10-8-16/h5-14H,4H2,1-3H3/b12-6+/t14-/m0/s1. The molecular formula is C21H21FO5. The van der Waals surface area contributed by atoms with Crippen molar-refractivity contribution >= 4 is 17.8 Å². The molecule has 0 fully saturated rings. The molecule has 0 amide bonds. The predicted octanol–water partition coefficient (Wildman–Crippen LogP) is 4.06. The van der Waals surface area contributed by atoms with E-state index < -0.39 is 23.7 Å². The molecular weight excluding hydrogens is 351 g/mol. The number of methoxy groups -OCH3 is 1. The summed E-state index contributed by atoms with van der Waals surface area (Å²) in [5.41, 5.74) is 0.988. The number of hydrogen-bond donors (Lipinski definition) is 0. The SMILES string of the molecule is CCOc1ccc(/C=C/C(=O)O[C@@H](C)C(=O)c2ccc(F)cc2)cc1OC. The maximum atomic E-state index is 12.9. The number of rotatable bonds is 8. The second-order valence-corrected chi connectivity index (χ2v) is 5.63. The van der Waals surface area contributed by atoms with Crippen LogP contribution < -0.4 is 9.47 Å². The van der Waals surface area contributed by atoms with Gasteiger partial charge < -0.3 is 14.2 Å². The molecule has 2 aromatic rings. The van der Waals surface area contributed by atoms with E-state index in [9.17, 15) is 14.0 Å². The van der Waals surface area contributed by atoms with E-state index in [4.69, 9.17) is 14.2 Å². The van der Waals surface area contributed by atoms with Gasteiger partial charge in [0.25, 0.3) is 0 Å². The van der Waals surface area contributed by atoms with Crippen molar-refractivity contribution in [1.82, 2.24) is 0 Å². The first kappa shape index (κ1) is 20.2. The number of hydrogen-bond acceptors (Lipinski definition) is 5. The third kappa shape index (κ3) is 5.67. The number of carbonyl (C=O) groups excluding carboxylic acids is 2. The lowest BCUT2D eigenvalue weighted by molar-refractivity contribution is -0.140. The van der Waals surface area contributed by atoms with E-state index in [0.29, 0.717) is 23.7 Å². The van der Waals surface area contributed by atoms with Crippen LogP contribution in [-0.4, -0.2) is 31.6 Å². The van der Waals surface area contributed by atoms with Gasteiger partial charge in [0.15, 0.2) is 17.6 Å². The number of ether oxygens (including phenoxy) is 3. The number of esters is 1. The van der Waals surface area contributed by atoms with E-state index in [1.165, 1.54) is 44.4 Å². The van der Waals surface area contributed by atoms with E-state index in [1.54, 1.807) is 24.3 Å². The van der Waals surface area contributed by atoms with Crippen molar-refractivity contribution in [2.45, 2.75) is 20.0 Å². The Bertz CT molecular complexity index is 827. The molecule has 2 aromatic carbocycles. The Balaban J connectivity index is 2.00. The van der Waals surface area contributed by atoms with Crippen LogP contribution in [0, 0.1) is 5.82 Å². The average molecular weight is 372 g/mol. The van der Waals surface area contributed by atoms with Gasteiger partial charge in [-0.25, -0.2) is 9.18 Å². The minimum Gasteiger partial charge on any atom is -0.493 e. The molecule has 2 rings (SSSR count). The Hall–Kier alpha value is -3.15. The molecule has 0 aliphatic heterocycles. The zero-order chi connectivity index (χ0) is 19.8. The normalized spacial score (nSPS) is 11.9. The molecule has 0 N–H and O–H groups in total. The fourth-order valence-electron chi connectivity index (χ4n) is 2.34. The van der Waals surface area contributed by atoms with Crippen molar-refractivity contribution in [1.29, 1.82) is 0 Å². The highest BCUT2D eigenvalue weighted by atomic mass is 19.1. The molecule has 0 bridgehead atoms. The topological polar surface area (TPSA) is 61.8 Å². The quantitative estimate of drug-likeness (QED) is 0.397. The van der Waals surface area contributed by atoms with Gasteiger partial charge in [-0.1, -0.05) is 6.07 Å². The first-order valence-electron chi connectivity index (χ1n) is 8.44. The zero-order valence-electron chi connectivity index (χ0n) is 15.4. The Labute approximate surface area is 157 Å². The van der Waals surface area contributed by atoms with E-state index in [0.717, 1.165) is 0 Å². The van der Waals surface area contributed by atoms with Crippen LogP contribution in [-0.2, 0) is 9.53 Å². The van der Waals surface area contributed by atoms with Crippen molar-refractivity contribution in [2.24, 2.45) is 0 Å². The first-order valence-corrected chi connectivity index (χ1v) is 8.44. The summed E-state index contributed by atoms with van der Waals surface area (Å²) >= 11 is 0. The third-order valence-corrected chi connectivity index (χ3v) is 3.69. The summed E-state index contributed by atoms with van der Waals surface area (Å²) in [6.45, 7) is 3.85. The lowest BCUT2D eigenvalue weighted by atomic mass is 10.1. The monoisotopic (exact) mass is 372 g/mol. The summed E-state index contributed by atoms with van der Waals surface area (Å²) in [6, 6.07) is 10.3. The smallest absolute Gasteiger partial charge is 0.331 e. The van der Waals surface area contributed by atoms with E-state index >= 15 is 0 Å². The highest BCUT2D eigenvalue weighted by Crippen LogP contribution is 2.28. The molecule has 142 valence electrons. The number of benzene rings is 2. The van der Waals surface area contributed by atoms with Crippen LogP contribution in [0.1, 0.15) is 29.8 Å². The second-order valence-electron chi connectivity index (χ2n) is 5.63. The minimum absolute atomic E-state index is 0.275. The van der Waals surface area contributed by atoms with Gasteiger partial charge >= 0.3 is 5.97 Å². The van der Waals surface area contributed by atoms with Gasteiger partial charge in [0, 0.05) is 11.6 Å². The first-order chi connectivity index (χ1) is 12.9. The highest BCUT2D eigenvalue weighted by Gasteiger charge is 2.18. The Kier molecular flexibility index (Phi) is 7.11. The molecule has 0 radical (unpaired) electrons. The van der Waals surface area contributed by atoms with Crippen molar-refractivity contribution < 1.29 is 28.2 Å². The third-order valence-electron chi connectivity index (χ3n) is 3.69. The van der Waals surface area contributed by atoms with Gasteiger partial charge in [-0.2, -0.15) is 0 Å². The summed E-state index contributed by atoms with van der Waals surface area (Å²) in [7, 11) is 1.53. The molecule has 0 heterocycles. The van der Waals surface area contributed by atoms with Crippen LogP contribution in [0.2, 0.25) is 0 Å². The molecule has 0 aliphatic carbocycles. The summed E-state index contributed by atoms with van der Waals surface area (Å²) in [5, 5.41) is 0. The molecule has 1 atom stereocenters. The van der Waals surface area contributed by atoms with E-state index in [-0.39, 0.29) is 5.56 Å². The molecule has 0 aromatic heterocycles. The molecule has 6 heteroatoms. The molecule has 0 saturated carbocycles. The van der Waals surface area contributed by atoms with Gasteiger partial charge in [-0.3, -0.25) is 4.79 Å². The maximum Gasteiger partial charge on any atom is 0.331 e. The zero-order valence-corrected chi connectivity index (χ0v) is 15.4. The average Bonchev–Trinajstić information content (AvgIpc) is 2.67. The van der Waals surface area contributed by atoms with Gasteiger partial charge in [0.1, 0.15) is 5.82 Å². The molecule has 0 saturated heterocycles. The van der Waals surface area contributed by atoms with E-state index in [1.807, 2.05) is 6.92 Å². The van der Waals surface area contributed by atoms with Gasteiger partial charge in [-0.05, 0) is 61.9 Å². The van der Waals surface area contributed by atoms with Gasteiger partial charge in [0.2, 0.25) is 5.78 Å². The van der Waals surface area contributed by atoms with Crippen LogP contribution in [0.15, 0.2) is 48.5 Å². The summed E-state index contributed by atoms with van der Waals surface area (Å²) in [4.78, 5) is 24.2. The number of halogens is 1. The van der Waals surface area contributed by atoms with Crippen molar-refractivity contribution in [3.63, 3.8) is 0 Å². The van der Waals surface area contributed by atoms with Crippen LogP contribution in [0.25, 0.3) is 6.08 Å². The van der Waals surface area contributed by atoms with Gasteiger partial charge in [0.05, 0.1) is 13.7 Å². The van der Waals surface area contributed by atoms with Crippen LogP contribution in [0.5, 0.6) is 11.5 Å². The molecule has 5 nitrogen and oxygen atoms in total. The van der Waals surface area contributed by atoms with Crippen LogP contribution in [0.4, 0.5) is 4.39 Å². The van der Waals surface area contributed by atoms with E-state index in [2.05, 4.69) is 0 Å². The van der Waals surface area contributed by atoms with Gasteiger partial charge in [-0.15, -0.1) is 0 Å².